The van der Waals surface area contributed by atoms with Crippen LogP contribution in [0.1, 0.15) is 0 Å². The second kappa shape index (κ2) is 12.1. The highest BCUT2D eigenvalue weighted by Gasteiger charge is 2.49. The zero-order valence-corrected chi connectivity index (χ0v) is 28.4. The number of hydrogen-bond donors (Lipinski definition) is 0. The van der Waals surface area contributed by atoms with Gasteiger partial charge in [0.05, 0.1) is 28.1 Å². The molecule has 0 aromatic heterocycles. The lowest BCUT2D eigenvalue weighted by molar-refractivity contribution is 0.582. The molecule has 0 amide bonds. The van der Waals surface area contributed by atoms with Gasteiger partial charge < -0.3 is 0 Å². The van der Waals surface area contributed by atoms with Crippen molar-refractivity contribution in [2.75, 3.05) is 18.7 Å². The van der Waals surface area contributed by atoms with Gasteiger partial charge in [0.25, 0.3) is 0 Å². The normalized spacial score (nSPS) is 14.9. The van der Waals surface area contributed by atoms with Crippen molar-refractivity contribution < 1.29 is 4.57 Å². The molecular formula is C42H32N4OP2. The highest BCUT2D eigenvalue weighted by Crippen LogP contribution is 2.70. The predicted molar refractivity (Wildman–Crippen MR) is 207 cm³/mol. The lowest BCUT2D eigenvalue weighted by Crippen LogP contribution is -2.30. The summed E-state index contributed by atoms with van der Waals surface area (Å²) in [5.74, 6) is 0. The van der Waals surface area contributed by atoms with Crippen molar-refractivity contribution in [3.05, 3.63) is 194 Å². The van der Waals surface area contributed by atoms with Crippen LogP contribution in [0.5, 0.6) is 0 Å². The topological polar surface area (TPSA) is 30.0 Å². The molecule has 0 bridgehead atoms. The Balaban J connectivity index is 1.28. The summed E-state index contributed by atoms with van der Waals surface area (Å²) in [6, 6.07) is 66.8. The van der Waals surface area contributed by atoms with Crippen LogP contribution >= 0.6 is 15.7 Å². The van der Waals surface area contributed by atoms with Gasteiger partial charge in [0.2, 0.25) is 0 Å². The molecule has 49 heavy (non-hydrogen) atoms. The van der Waals surface area contributed by atoms with Gasteiger partial charge in [-0.1, -0.05) is 109 Å². The monoisotopic (exact) mass is 670 g/mol. The van der Waals surface area contributed by atoms with Crippen molar-refractivity contribution in [2.24, 2.45) is 0 Å². The largest absolute Gasteiger partial charge is 0.301 e. The summed E-state index contributed by atoms with van der Waals surface area (Å²) in [6.45, 7) is 0. The number of para-hydroxylation sites is 8. The Hall–Kier alpha value is -5.60. The minimum absolute atomic E-state index is 0.772. The fraction of sp³-hybridized carbons (Fsp3) is 0. The predicted octanol–water partition coefficient (Wildman–Crippen LogP) is 11.4. The van der Waals surface area contributed by atoms with Gasteiger partial charge in [-0.05, 0) is 84.9 Å². The molecule has 0 radical (unpaired) electrons. The highest BCUT2D eigenvalue weighted by molar-refractivity contribution is 7.76. The molecule has 0 fully saturated rings. The maximum absolute atomic E-state index is 16.5. The van der Waals surface area contributed by atoms with Gasteiger partial charge >= 0.3 is 7.44 Å². The molecule has 7 heteroatoms. The van der Waals surface area contributed by atoms with Crippen LogP contribution in [0.4, 0.5) is 45.5 Å². The third kappa shape index (κ3) is 4.77. The second-order valence-corrected chi connectivity index (χ2v) is 16.2. The Morgan fingerprint density at radius 3 is 1.16 bits per heavy atom. The van der Waals surface area contributed by atoms with E-state index in [-0.39, 0.29) is 0 Å². The molecule has 236 valence electrons. The van der Waals surface area contributed by atoms with Gasteiger partial charge in [-0.2, -0.15) is 0 Å². The average Bonchev–Trinajstić information content (AvgIpc) is 3.66. The van der Waals surface area contributed by atoms with E-state index in [1.807, 2.05) is 78.9 Å². The van der Waals surface area contributed by atoms with E-state index < -0.39 is 15.7 Å². The van der Waals surface area contributed by atoms with E-state index in [9.17, 15) is 0 Å². The van der Waals surface area contributed by atoms with Gasteiger partial charge in [-0.25, -0.2) is 0 Å². The average molecular weight is 671 g/mol. The second-order valence-electron chi connectivity index (χ2n) is 11.9. The van der Waals surface area contributed by atoms with Crippen LogP contribution < -0.4 is 29.3 Å². The standard InChI is InChI=1S/C42H32N4OP2/c47-49(45(35-22-9-3-10-23-35)41-30-15-16-31-42(41)46(49)36-24-11-4-12-25-36)38-27-17-26-37(32-38)48-43(33-18-5-1-6-19-33)39-28-13-14-29-40(39)44(48)34-20-7-2-8-21-34/h1-32H. The van der Waals surface area contributed by atoms with Crippen LogP contribution in [0, 0.1) is 0 Å². The SMILES string of the molecule is O=P1(c2cccc(P3N(c4ccccc4)c4ccccc4N3c3ccccc3)c2)N(c2ccccc2)c2ccccc2N1c1ccccc1. The number of rotatable bonds is 6. The number of benzene rings is 7. The van der Waals surface area contributed by atoms with Crippen LogP contribution in [0.2, 0.25) is 0 Å². The summed E-state index contributed by atoms with van der Waals surface area (Å²) in [4.78, 5) is 0. The summed E-state index contributed by atoms with van der Waals surface area (Å²) >= 11 is 0. The highest BCUT2D eigenvalue weighted by atomic mass is 31.2. The van der Waals surface area contributed by atoms with Crippen LogP contribution in [-0.2, 0) is 4.57 Å². The Kier molecular flexibility index (Phi) is 7.31. The zero-order valence-electron chi connectivity index (χ0n) is 26.6. The van der Waals surface area contributed by atoms with Crippen molar-refractivity contribution in [1.29, 1.82) is 0 Å². The molecule has 0 unspecified atom stereocenters. The molecule has 0 N–H and O–H groups in total. The number of nitrogens with zero attached hydrogens (tertiary/aromatic N) is 4. The molecule has 2 aliphatic rings. The first-order valence-corrected chi connectivity index (χ1v) is 19.2. The lowest BCUT2D eigenvalue weighted by Gasteiger charge is -2.35. The first-order chi connectivity index (χ1) is 24.2. The summed E-state index contributed by atoms with van der Waals surface area (Å²) in [5, 5.41) is 1.87. The Morgan fingerprint density at radius 2 is 0.735 bits per heavy atom. The van der Waals surface area contributed by atoms with E-state index in [4.69, 9.17) is 0 Å². The molecule has 0 spiro atoms. The van der Waals surface area contributed by atoms with Crippen molar-refractivity contribution in [3.8, 4) is 0 Å². The first kappa shape index (κ1) is 29.5. The molecule has 0 saturated carbocycles. The molecule has 0 atom stereocenters. The lowest BCUT2D eigenvalue weighted by atomic mass is 10.2. The van der Waals surface area contributed by atoms with Gasteiger partial charge in [0, 0.05) is 28.1 Å². The molecule has 7 aromatic carbocycles. The van der Waals surface area contributed by atoms with E-state index in [2.05, 4.69) is 134 Å². The van der Waals surface area contributed by atoms with Crippen molar-refractivity contribution >= 4 is 71.8 Å². The minimum atomic E-state index is -3.55. The summed E-state index contributed by atoms with van der Waals surface area (Å²) in [5.41, 5.74) is 8.12. The molecule has 5 nitrogen and oxygen atoms in total. The molecule has 0 aliphatic carbocycles. The maximum Gasteiger partial charge on any atom is 0.301 e. The smallest absolute Gasteiger partial charge is 0.297 e. The number of anilines is 8. The van der Waals surface area contributed by atoms with Crippen molar-refractivity contribution in [3.63, 3.8) is 0 Å². The molecule has 0 saturated heterocycles. The first-order valence-electron chi connectivity index (χ1n) is 16.3. The van der Waals surface area contributed by atoms with Crippen LogP contribution in [0.15, 0.2) is 194 Å². The summed E-state index contributed by atoms with van der Waals surface area (Å²) in [6.07, 6.45) is 0. The molecule has 2 aliphatic heterocycles. The van der Waals surface area contributed by atoms with Gasteiger partial charge in [0.15, 0.2) is 0 Å². The van der Waals surface area contributed by atoms with E-state index in [1.165, 1.54) is 0 Å². The summed E-state index contributed by atoms with van der Waals surface area (Å²) < 4.78 is 25.5. The van der Waals surface area contributed by atoms with Gasteiger partial charge in [0.1, 0.15) is 8.22 Å². The van der Waals surface area contributed by atoms with Crippen molar-refractivity contribution in [2.45, 2.75) is 0 Å². The van der Waals surface area contributed by atoms with Gasteiger partial charge in [-0.3, -0.25) is 23.2 Å². The van der Waals surface area contributed by atoms with E-state index in [0.717, 1.165) is 56.1 Å². The van der Waals surface area contributed by atoms with E-state index in [1.54, 1.807) is 0 Å². The Bertz CT molecular complexity index is 2170. The Morgan fingerprint density at radius 1 is 0.367 bits per heavy atom. The van der Waals surface area contributed by atoms with Crippen LogP contribution in [-0.4, -0.2) is 0 Å². The molecular weight excluding hydrogens is 638 g/mol. The zero-order chi connectivity index (χ0) is 32.8. The quantitative estimate of drug-likeness (QED) is 0.164. The Labute approximate surface area is 288 Å². The molecule has 9 rings (SSSR count). The maximum atomic E-state index is 16.5. The fourth-order valence-electron chi connectivity index (χ4n) is 6.95. The minimum Gasteiger partial charge on any atom is -0.297 e. The van der Waals surface area contributed by atoms with E-state index in [0.29, 0.717) is 0 Å². The van der Waals surface area contributed by atoms with Crippen LogP contribution in [0.25, 0.3) is 0 Å². The molecule has 2 heterocycles. The van der Waals surface area contributed by atoms with Gasteiger partial charge in [-0.15, -0.1) is 0 Å². The van der Waals surface area contributed by atoms with E-state index >= 15 is 4.57 Å². The number of fused-ring (bicyclic) bond motifs is 2. The third-order valence-corrected chi connectivity index (χ3v) is 14.3. The number of hydrogen-bond acceptors (Lipinski definition) is 3. The third-order valence-electron chi connectivity index (χ3n) is 9.00. The van der Waals surface area contributed by atoms with Crippen molar-refractivity contribution in [1.82, 2.24) is 0 Å². The summed E-state index contributed by atoms with van der Waals surface area (Å²) in [7, 11) is -4.74. The fourth-order valence-corrected chi connectivity index (χ4v) is 12.7. The van der Waals surface area contributed by atoms with Crippen LogP contribution in [0.3, 0.4) is 0 Å². The molecule has 7 aromatic rings.